The number of aliphatic carboxylic acids is 1. The van der Waals surface area contributed by atoms with Crippen molar-refractivity contribution in [2.24, 2.45) is 0 Å². The van der Waals surface area contributed by atoms with Crippen molar-refractivity contribution in [2.75, 3.05) is 0 Å². The zero-order chi connectivity index (χ0) is 11.4. The predicted octanol–water partition coefficient (Wildman–Crippen LogP) is 1.26. The Hall–Kier alpha value is -1.84. The Kier molecular flexibility index (Phi) is 3.44. The number of carbonyl (C=O) groups excluding carboxylic acids is 1. The van der Waals surface area contributed by atoms with Gasteiger partial charge in [-0.1, -0.05) is 29.8 Å². The van der Waals surface area contributed by atoms with E-state index in [-0.39, 0.29) is 5.91 Å². The van der Waals surface area contributed by atoms with Gasteiger partial charge in [0.05, 0.1) is 0 Å². The van der Waals surface area contributed by atoms with Crippen LogP contribution in [0.25, 0.3) is 0 Å². The van der Waals surface area contributed by atoms with Crippen LogP contribution in [-0.4, -0.2) is 17.0 Å². The zero-order valence-electron chi connectivity index (χ0n) is 8.65. The summed E-state index contributed by atoms with van der Waals surface area (Å²) in [6, 6.07) is 6.09. The first-order valence-corrected chi connectivity index (χ1v) is 4.57. The summed E-state index contributed by atoms with van der Waals surface area (Å²) in [6.07, 6.45) is 0. The standard InChI is InChI=1S/C11H13NO3/c1-7-4-3-5-9(6-7)10(11(14)15)12-8(2)13/h3-6,10H,1-2H3,(H,12,13)(H,14,15). The highest BCUT2D eigenvalue weighted by Crippen LogP contribution is 2.14. The molecule has 0 aromatic heterocycles. The van der Waals surface area contributed by atoms with Crippen molar-refractivity contribution in [1.82, 2.24) is 5.32 Å². The highest BCUT2D eigenvalue weighted by molar-refractivity contribution is 5.83. The molecular weight excluding hydrogens is 194 g/mol. The highest BCUT2D eigenvalue weighted by Gasteiger charge is 2.20. The van der Waals surface area contributed by atoms with Crippen LogP contribution < -0.4 is 5.32 Å². The molecule has 0 bridgehead atoms. The molecule has 4 heteroatoms. The lowest BCUT2D eigenvalue weighted by atomic mass is 10.0. The van der Waals surface area contributed by atoms with Gasteiger partial charge in [0.1, 0.15) is 0 Å². The van der Waals surface area contributed by atoms with Crippen LogP contribution in [0, 0.1) is 6.92 Å². The minimum Gasteiger partial charge on any atom is -0.479 e. The van der Waals surface area contributed by atoms with E-state index >= 15 is 0 Å². The summed E-state index contributed by atoms with van der Waals surface area (Å²) in [5.41, 5.74) is 1.54. The molecule has 0 fully saturated rings. The van der Waals surface area contributed by atoms with Gasteiger partial charge in [-0.15, -0.1) is 0 Å². The molecule has 2 N–H and O–H groups in total. The molecule has 80 valence electrons. The van der Waals surface area contributed by atoms with Gasteiger partial charge in [-0.05, 0) is 12.5 Å². The molecule has 0 aliphatic rings. The highest BCUT2D eigenvalue weighted by atomic mass is 16.4. The molecular formula is C11H13NO3. The maximum absolute atomic E-state index is 10.9. The average Bonchev–Trinajstić information content (AvgIpc) is 2.13. The van der Waals surface area contributed by atoms with E-state index in [9.17, 15) is 9.59 Å². The predicted molar refractivity (Wildman–Crippen MR) is 55.4 cm³/mol. The third-order valence-corrected chi connectivity index (χ3v) is 1.97. The molecule has 1 rings (SSSR count). The van der Waals surface area contributed by atoms with Crippen molar-refractivity contribution in [1.29, 1.82) is 0 Å². The topological polar surface area (TPSA) is 66.4 Å². The van der Waals surface area contributed by atoms with Crippen LogP contribution in [0.4, 0.5) is 0 Å². The number of benzene rings is 1. The number of aryl methyl sites for hydroxylation is 1. The summed E-state index contributed by atoms with van der Waals surface area (Å²) in [6.45, 7) is 3.17. The second-order valence-corrected chi connectivity index (χ2v) is 3.39. The molecule has 1 unspecified atom stereocenters. The normalized spacial score (nSPS) is 11.9. The van der Waals surface area contributed by atoms with Gasteiger partial charge < -0.3 is 10.4 Å². The lowest BCUT2D eigenvalue weighted by Gasteiger charge is -2.13. The average molecular weight is 207 g/mol. The molecule has 0 aliphatic carbocycles. The number of rotatable bonds is 3. The van der Waals surface area contributed by atoms with Crippen LogP contribution in [0.2, 0.25) is 0 Å². The largest absolute Gasteiger partial charge is 0.479 e. The van der Waals surface area contributed by atoms with E-state index in [2.05, 4.69) is 5.32 Å². The molecule has 0 saturated carbocycles. The lowest BCUT2D eigenvalue weighted by molar-refractivity contribution is -0.141. The Balaban J connectivity index is 2.98. The van der Waals surface area contributed by atoms with Crippen LogP contribution >= 0.6 is 0 Å². The van der Waals surface area contributed by atoms with Crippen LogP contribution in [0.15, 0.2) is 24.3 Å². The Labute approximate surface area is 87.9 Å². The number of hydrogen-bond donors (Lipinski definition) is 2. The van der Waals surface area contributed by atoms with E-state index in [0.29, 0.717) is 5.56 Å². The van der Waals surface area contributed by atoms with E-state index < -0.39 is 12.0 Å². The molecule has 1 aromatic carbocycles. The Morgan fingerprint density at radius 3 is 2.53 bits per heavy atom. The second kappa shape index (κ2) is 4.59. The Morgan fingerprint density at radius 2 is 2.07 bits per heavy atom. The number of amides is 1. The van der Waals surface area contributed by atoms with Gasteiger partial charge in [0.2, 0.25) is 5.91 Å². The van der Waals surface area contributed by atoms with Crippen molar-refractivity contribution in [3.05, 3.63) is 35.4 Å². The fraction of sp³-hybridized carbons (Fsp3) is 0.273. The third kappa shape index (κ3) is 3.09. The molecule has 1 atom stereocenters. The van der Waals surface area contributed by atoms with E-state index in [0.717, 1.165) is 5.56 Å². The minimum absolute atomic E-state index is 0.357. The first kappa shape index (κ1) is 11.2. The van der Waals surface area contributed by atoms with E-state index in [1.807, 2.05) is 13.0 Å². The summed E-state index contributed by atoms with van der Waals surface area (Å²) in [7, 11) is 0. The van der Waals surface area contributed by atoms with Crippen LogP contribution in [0.3, 0.4) is 0 Å². The molecule has 0 radical (unpaired) electrons. The molecule has 0 heterocycles. The monoisotopic (exact) mass is 207 g/mol. The summed E-state index contributed by atoms with van der Waals surface area (Å²) in [5, 5.41) is 11.3. The van der Waals surface area contributed by atoms with E-state index in [1.165, 1.54) is 6.92 Å². The molecule has 4 nitrogen and oxygen atoms in total. The van der Waals surface area contributed by atoms with E-state index in [4.69, 9.17) is 5.11 Å². The number of carboxylic acid groups (broad SMARTS) is 1. The van der Waals surface area contributed by atoms with Gasteiger partial charge in [-0.3, -0.25) is 4.79 Å². The van der Waals surface area contributed by atoms with Crippen molar-refractivity contribution in [3.63, 3.8) is 0 Å². The summed E-state index contributed by atoms with van der Waals surface area (Å²) in [5.74, 6) is -1.42. The van der Waals surface area contributed by atoms with Crippen molar-refractivity contribution >= 4 is 11.9 Å². The molecule has 0 saturated heterocycles. The van der Waals surface area contributed by atoms with Crippen LogP contribution in [0.1, 0.15) is 24.1 Å². The van der Waals surface area contributed by atoms with E-state index in [1.54, 1.807) is 18.2 Å². The SMILES string of the molecule is CC(=O)NC(C(=O)O)c1cccc(C)c1. The quantitative estimate of drug-likeness (QED) is 0.784. The second-order valence-electron chi connectivity index (χ2n) is 3.39. The fourth-order valence-corrected chi connectivity index (χ4v) is 1.34. The number of hydrogen-bond acceptors (Lipinski definition) is 2. The first-order chi connectivity index (χ1) is 7.00. The van der Waals surface area contributed by atoms with Crippen LogP contribution in [-0.2, 0) is 9.59 Å². The molecule has 1 amide bonds. The van der Waals surface area contributed by atoms with Crippen molar-refractivity contribution < 1.29 is 14.7 Å². The van der Waals surface area contributed by atoms with Crippen molar-refractivity contribution in [3.8, 4) is 0 Å². The minimum atomic E-state index is -1.06. The summed E-state index contributed by atoms with van der Waals surface area (Å²) in [4.78, 5) is 21.8. The summed E-state index contributed by atoms with van der Waals surface area (Å²) >= 11 is 0. The molecule has 15 heavy (non-hydrogen) atoms. The Morgan fingerprint density at radius 1 is 1.40 bits per heavy atom. The van der Waals surface area contributed by atoms with Crippen LogP contribution in [0.5, 0.6) is 0 Å². The van der Waals surface area contributed by atoms with Gasteiger partial charge in [0.15, 0.2) is 6.04 Å². The van der Waals surface area contributed by atoms with Gasteiger partial charge >= 0.3 is 5.97 Å². The Bertz CT molecular complexity index is 387. The maximum atomic E-state index is 10.9. The van der Waals surface area contributed by atoms with Gasteiger partial charge in [-0.2, -0.15) is 0 Å². The smallest absolute Gasteiger partial charge is 0.330 e. The number of carboxylic acids is 1. The number of carbonyl (C=O) groups is 2. The molecule has 1 aromatic rings. The summed E-state index contributed by atoms with van der Waals surface area (Å²) < 4.78 is 0. The fourth-order valence-electron chi connectivity index (χ4n) is 1.34. The number of nitrogens with one attached hydrogen (secondary N) is 1. The first-order valence-electron chi connectivity index (χ1n) is 4.57. The van der Waals surface area contributed by atoms with Gasteiger partial charge in [0.25, 0.3) is 0 Å². The zero-order valence-corrected chi connectivity index (χ0v) is 8.65. The van der Waals surface area contributed by atoms with Gasteiger partial charge in [-0.25, -0.2) is 4.79 Å². The lowest BCUT2D eigenvalue weighted by Crippen LogP contribution is -2.31. The third-order valence-electron chi connectivity index (χ3n) is 1.97. The maximum Gasteiger partial charge on any atom is 0.330 e. The molecule has 0 aliphatic heterocycles. The van der Waals surface area contributed by atoms with Gasteiger partial charge in [0, 0.05) is 6.92 Å². The molecule has 0 spiro atoms. The van der Waals surface area contributed by atoms with Crippen molar-refractivity contribution in [2.45, 2.75) is 19.9 Å².